The Kier molecular flexibility index (Phi) is 3.45. The molecule has 0 unspecified atom stereocenters. The minimum atomic E-state index is -0.149. The molecule has 0 saturated heterocycles. The van der Waals surface area contributed by atoms with Gasteiger partial charge in [0, 0.05) is 22.4 Å². The van der Waals surface area contributed by atoms with Crippen LogP contribution in [0.15, 0.2) is 39.5 Å². The van der Waals surface area contributed by atoms with Crippen molar-refractivity contribution in [1.29, 1.82) is 0 Å². The van der Waals surface area contributed by atoms with Crippen LogP contribution in [0.5, 0.6) is 0 Å². The molecule has 0 saturated carbocycles. The van der Waals surface area contributed by atoms with E-state index in [9.17, 15) is 4.79 Å². The van der Waals surface area contributed by atoms with Crippen LogP contribution in [0.25, 0.3) is 4.96 Å². The van der Waals surface area contributed by atoms with E-state index < -0.39 is 0 Å². The van der Waals surface area contributed by atoms with E-state index in [1.807, 2.05) is 25.1 Å². The molecule has 0 aliphatic heterocycles. The summed E-state index contributed by atoms with van der Waals surface area (Å²) in [6.07, 6.45) is 0. The van der Waals surface area contributed by atoms with Gasteiger partial charge >= 0.3 is 0 Å². The van der Waals surface area contributed by atoms with Crippen LogP contribution in [0, 0.1) is 6.92 Å². The highest BCUT2D eigenvalue weighted by molar-refractivity contribution is 7.98. The second-order valence-electron chi connectivity index (χ2n) is 4.29. The molecular weight excluding hydrogens is 292 g/mol. The van der Waals surface area contributed by atoms with E-state index in [-0.39, 0.29) is 5.56 Å². The summed E-state index contributed by atoms with van der Waals surface area (Å²) < 4.78 is 1.31. The predicted molar refractivity (Wildman–Crippen MR) is 82.3 cm³/mol. The van der Waals surface area contributed by atoms with Crippen molar-refractivity contribution in [2.24, 2.45) is 0 Å². The Bertz CT molecular complexity index is 825. The largest absolute Gasteiger partial charge is 0.398 e. The third-order valence-corrected chi connectivity index (χ3v) is 4.68. The van der Waals surface area contributed by atoms with E-state index in [0.717, 1.165) is 21.8 Å². The molecule has 0 spiro atoms. The van der Waals surface area contributed by atoms with E-state index >= 15 is 0 Å². The highest BCUT2D eigenvalue weighted by Crippen LogP contribution is 2.29. The number of anilines is 1. The van der Waals surface area contributed by atoms with Crippen LogP contribution in [-0.4, -0.2) is 14.6 Å². The molecule has 0 bridgehead atoms. The molecule has 3 aromatic rings. The van der Waals surface area contributed by atoms with E-state index in [2.05, 4.69) is 10.1 Å². The zero-order valence-electron chi connectivity index (χ0n) is 10.7. The molecule has 2 N–H and O–H groups in total. The topological polar surface area (TPSA) is 73.3 Å². The first-order valence-electron chi connectivity index (χ1n) is 5.95. The number of fused-ring (bicyclic) bond motifs is 1. The molecule has 5 nitrogen and oxygen atoms in total. The average Bonchev–Trinajstić information content (AvgIpc) is 2.89. The van der Waals surface area contributed by atoms with Crippen LogP contribution >= 0.6 is 23.1 Å². The minimum absolute atomic E-state index is 0.149. The van der Waals surface area contributed by atoms with E-state index in [0.29, 0.717) is 10.7 Å². The van der Waals surface area contributed by atoms with Gasteiger partial charge in [0.1, 0.15) is 5.51 Å². The summed E-state index contributed by atoms with van der Waals surface area (Å²) >= 11 is 2.93. The van der Waals surface area contributed by atoms with Gasteiger partial charge in [-0.05, 0) is 18.6 Å². The normalized spacial score (nSPS) is 11.1. The van der Waals surface area contributed by atoms with Crippen molar-refractivity contribution in [3.8, 4) is 0 Å². The van der Waals surface area contributed by atoms with Crippen molar-refractivity contribution >= 4 is 33.7 Å². The average molecular weight is 304 g/mol. The summed E-state index contributed by atoms with van der Waals surface area (Å²) in [5, 5.41) is 3.94. The van der Waals surface area contributed by atoms with Crippen LogP contribution in [0.1, 0.15) is 11.3 Å². The summed E-state index contributed by atoms with van der Waals surface area (Å²) in [5.74, 6) is 0.608. The lowest BCUT2D eigenvalue weighted by atomic mass is 10.2. The molecule has 0 radical (unpaired) electrons. The third-order valence-electron chi connectivity index (χ3n) is 2.90. The smallest absolute Gasteiger partial charge is 0.275 e. The number of hydrogen-bond donors (Lipinski definition) is 1. The number of aryl methyl sites for hydroxylation is 1. The molecule has 0 fully saturated rings. The van der Waals surface area contributed by atoms with Gasteiger partial charge in [-0.15, -0.1) is 11.8 Å². The van der Waals surface area contributed by atoms with Crippen LogP contribution < -0.4 is 11.3 Å². The summed E-state index contributed by atoms with van der Waals surface area (Å²) in [6, 6.07) is 7.45. The molecule has 2 heterocycles. The number of nitrogens with zero attached hydrogens (tertiary/aromatic N) is 3. The molecule has 2 aromatic heterocycles. The van der Waals surface area contributed by atoms with Crippen LogP contribution in [0.2, 0.25) is 0 Å². The zero-order valence-corrected chi connectivity index (χ0v) is 12.4. The lowest BCUT2D eigenvalue weighted by Gasteiger charge is -2.07. The maximum absolute atomic E-state index is 11.8. The van der Waals surface area contributed by atoms with Crippen LogP contribution in [-0.2, 0) is 5.75 Å². The van der Waals surface area contributed by atoms with Gasteiger partial charge in [-0.1, -0.05) is 23.5 Å². The predicted octanol–water partition coefficient (Wildman–Crippen LogP) is 2.33. The zero-order chi connectivity index (χ0) is 14.1. The Hall–Kier alpha value is -1.86. The standard InChI is InChI=1S/C13H12N4OS2/c1-8-3-2-4-10(12(8)14)19-6-9-5-11(18)17-13(16-9)20-7-15-17/h2-5,7H,6,14H2,1H3. The number of thioether (sulfide) groups is 1. The first-order valence-corrected chi connectivity index (χ1v) is 7.82. The third kappa shape index (κ3) is 2.41. The highest BCUT2D eigenvalue weighted by atomic mass is 32.2. The van der Waals surface area contributed by atoms with Gasteiger partial charge in [0.15, 0.2) is 0 Å². The van der Waals surface area contributed by atoms with Gasteiger partial charge in [-0.25, -0.2) is 4.98 Å². The van der Waals surface area contributed by atoms with Crippen molar-refractivity contribution < 1.29 is 0 Å². The maximum atomic E-state index is 11.8. The monoisotopic (exact) mass is 304 g/mol. The van der Waals surface area contributed by atoms with E-state index in [1.165, 1.54) is 21.9 Å². The van der Waals surface area contributed by atoms with Gasteiger partial charge in [0.05, 0.1) is 5.69 Å². The van der Waals surface area contributed by atoms with E-state index in [4.69, 9.17) is 5.73 Å². The first-order chi connectivity index (χ1) is 9.65. The quantitative estimate of drug-likeness (QED) is 0.594. The Balaban J connectivity index is 1.86. The second-order valence-corrected chi connectivity index (χ2v) is 6.12. The molecular formula is C13H12N4OS2. The number of benzene rings is 1. The van der Waals surface area contributed by atoms with Crippen molar-refractivity contribution in [3.05, 3.63) is 51.4 Å². The number of nitrogen functional groups attached to an aromatic ring is 1. The van der Waals surface area contributed by atoms with E-state index in [1.54, 1.807) is 17.3 Å². The van der Waals surface area contributed by atoms with Crippen molar-refractivity contribution in [2.45, 2.75) is 17.6 Å². The number of nitrogens with two attached hydrogens (primary N) is 1. The summed E-state index contributed by atoms with van der Waals surface area (Å²) in [4.78, 5) is 17.9. The molecule has 0 atom stereocenters. The van der Waals surface area contributed by atoms with Gasteiger partial charge in [0.2, 0.25) is 4.96 Å². The second kappa shape index (κ2) is 5.26. The fraction of sp³-hybridized carbons (Fsp3) is 0.154. The molecule has 102 valence electrons. The molecule has 7 heteroatoms. The highest BCUT2D eigenvalue weighted by Gasteiger charge is 2.07. The fourth-order valence-corrected chi connectivity index (χ4v) is 3.39. The Labute approximate surface area is 123 Å². The molecule has 1 aromatic carbocycles. The Morgan fingerprint density at radius 2 is 2.30 bits per heavy atom. The first kappa shape index (κ1) is 13.1. The maximum Gasteiger partial charge on any atom is 0.275 e. The number of para-hydroxylation sites is 1. The number of aromatic nitrogens is 3. The molecule has 3 rings (SSSR count). The number of hydrogen-bond acceptors (Lipinski definition) is 6. The Morgan fingerprint density at radius 1 is 1.45 bits per heavy atom. The number of rotatable bonds is 3. The lowest BCUT2D eigenvalue weighted by Crippen LogP contribution is -2.14. The SMILES string of the molecule is Cc1cccc(SCc2cc(=O)n3ncsc3n2)c1N. The molecule has 20 heavy (non-hydrogen) atoms. The lowest BCUT2D eigenvalue weighted by molar-refractivity contribution is 0.888. The van der Waals surface area contributed by atoms with Crippen LogP contribution in [0.4, 0.5) is 5.69 Å². The minimum Gasteiger partial charge on any atom is -0.398 e. The molecule has 0 aliphatic rings. The Morgan fingerprint density at radius 3 is 3.15 bits per heavy atom. The van der Waals surface area contributed by atoms with Crippen molar-refractivity contribution in [2.75, 3.05) is 5.73 Å². The van der Waals surface area contributed by atoms with Gasteiger partial charge in [-0.2, -0.15) is 9.61 Å². The van der Waals surface area contributed by atoms with Crippen LogP contribution in [0.3, 0.4) is 0 Å². The summed E-state index contributed by atoms with van der Waals surface area (Å²) in [7, 11) is 0. The van der Waals surface area contributed by atoms with Gasteiger partial charge in [0.25, 0.3) is 5.56 Å². The van der Waals surface area contributed by atoms with Gasteiger partial charge < -0.3 is 5.73 Å². The fourth-order valence-electron chi connectivity index (χ4n) is 1.81. The van der Waals surface area contributed by atoms with Crippen molar-refractivity contribution in [1.82, 2.24) is 14.6 Å². The van der Waals surface area contributed by atoms with Gasteiger partial charge in [-0.3, -0.25) is 4.79 Å². The summed E-state index contributed by atoms with van der Waals surface area (Å²) in [5.41, 5.74) is 10.1. The molecule has 0 aliphatic carbocycles. The van der Waals surface area contributed by atoms with Crippen molar-refractivity contribution in [3.63, 3.8) is 0 Å². The summed E-state index contributed by atoms with van der Waals surface area (Å²) in [6.45, 7) is 1.98. The molecule has 0 amide bonds.